The molecule has 0 saturated carbocycles. The van der Waals surface area contributed by atoms with E-state index in [1.165, 1.54) is 21.5 Å². The first-order valence-corrected chi connectivity index (χ1v) is 18.1. The lowest BCUT2D eigenvalue weighted by molar-refractivity contribution is 0.136. The average molecular weight is 498 g/mol. The molecule has 4 aromatic rings. The molecule has 0 N–H and O–H groups in total. The Hall–Kier alpha value is -2.51. The summed E-state index contributed by atoms with van der Waals surface area (Å²) >= 11 is 0. The largest absolute Gasteiger partial charge is 0.410 e. The summed E-state index contributed by atoms with van der Waals surface area (Å²) in [5.74, 6) is 0.387. The zero-order chi connectivity index (χ0) is 24.7. The van der Waals surface area contributed by atoms with E-state index < -0.39 is 15.6 Å². The van der Waals surface area contributed by atoms with Crippen molar-refractivity contribution in [3.8, 4) is 0 Å². The minimum atomic E-state index is -1.93. The van der Waals surface area contributed by atoms with Gasteiger partial charge in [0.05, 0.1) is 12.3 Å². The zero-order valence-corrected chi connectivity index (χ0v) is 23.4. The Morgan fingerprint density at radius 2 is 0.971 bits per heavy atom. The van der Waals surface area contributed by atoms with Crippen LogP contribution in [0, 0.1) is 5.92 Å². The van der Waals surface area contributed by atoms with Gasteiger partial charge in [-0.3, -0.25) is 0 Å². The van der Waals surface area contributed by atoms with Crippen molar-refractivity contribution in [3.63, 3.8) is 0 Å². The van der Waals surface area contributed by atoms with Crippen LogP contribution in [-0.4, -0.2) is 14.5 Å². The molecular formula is C32H38OPSi+. The van der Waals surface area contributed by atoms with Gasteiger partial charge >= 0.3 is 0 Å². The Balaban J connectivity index is 1.92. The van der Waals surface area contributed by atoms with E-state index in [0.717, 1.165) is 12.6 Å². The maximum atomic E-state index is 6.99. The third kappa shape index (κ3) is 6.01. The van der Waals surface area contributed by atoms with Crippen molar-refractivity contribution < 1.29 is 4.43 Å². The standard InChI is InChI=1S/C32H38OPSi/c1-5-27(32(33-35(2,3)4)28-18-10-6-11-19-28)26-34(29-20-12-7-13-21-29,30-22-14-8-15-23-30)31-24-16-9-17-25-31/h6-25,27,32H,5,26H2,1-4H3/q+1. The van der Waals surface area contributed by atoms with Gasteiger partial charge in [0.1, 0.15) is 23.2 Å². The van der Waals surface area contributed by atoms with E-state index in [0.29, 0.717) is 5.92 Å². The Labute approximate surface area is 213 Å². The summed E-state index contributed by atoms with van der Waals surface area (Å²) in [6, 6.07) is 44.6. The van der Waals surface area contributed by atoms with Crippen molar-refractivity contribution in [2.75, 3.05) is 6.16 Å². The fourth-order valence-electron chi connectivity index (χ4n) is 5.06. The highest BCUT2D eigenvalue weighted by atomic mass is 31.2. The van der Waals surface area contributed by atoms with Gasteiger partial charge < -0.3 is 4.43 Å². The first-order valence-electron chi connectivity index (χ1n) is 12.7. The van der Waals surface area contributed by atoms with Gasteiger partial charge in [-0.25, -0.2) is 0 Å². The zero-order valence-electron chi connectivity index (χ0n) is 21.5. The monoisotopic (exact) mass is 497 g/mol. The minimum Gasteiger partial charge on any atom is -0.410 e. The number of benzene rings is 4. The van der Waals surface area contributed by atoms with Gasteiger partial charge in [-0.05, 0) is 68.0 Å². The summed E-state index contributed by atoms with van der Waals surface area (Å²) in [7, 11) is -3.71. The van der Waals surface area contributed by atoms with Crippen LogP contribution >= 0.6 is 7.26 Å². The van der Waals surface area contributed by atoms with Crippen molar-refractivity contribution in [2.45, 2.75) is 39.1 Å². The molecule has 0 aliphatic rings. The highest BCUT2D eigenvalue weighted by Crippen LogP contribution is 2.58. The van der Waals surface area contributed by atoms with E-state index in [1.807, 2.05) is 0 Å². The molecule has 2 unspecified atom stereocenters. The summed E-state index contributed by atoms with van der Waals surface area (Å²) in [6.45, 7) is 9.26. The second kappa shape index (κ2) is 11.5. The van der Waals surface area contributed by atoms with Gasteiger partial charge in [0.15, 0.2) is 8.32 Å². The van der Waals surface area contributed by atoms with E-state index in [-0.39, 0.29) is 6.10 Å². The molecule has 4 rings (SSSR count). The summed E-state index contributed by atoms with van der Waals surface area (Å²) < 4.78 is 6.99. The summed E-state index contributed by atoms with van der Waals surface area (Å²) in [5, 5.41) is 4.32. The minimum absolute atomic E-state index is 0.0865. The van der Waals surface area contributed by atoms with Gasteiger partial charge in [0.2, 0.25) is 0 Å². The first-order chi connectivity index (χ1) is 16.9. The van der Waals surface area contributed by atoms with E-state index in [9.17, 15) is 0 Å². The number of rotatable bonds is 10. The smallest absolute Gasteiger partial charge is 0.184 e. The molecule has 0 spiro atoms. The van der Waals surface area contributed by atoms with Gasteiger partial charge in [-0.15, -0.1) is 0 Å². The normalized spacial score (nSPS) is 13.8. The third-order valence-electron chi connectivity index (χ3n) is 6.66. The molecule has 0 aliphatic carbocycles. The Morgan fingerprint density at radius 1 is 0.600 bits per heavy atom. The Bertz CT molecular complexity index is 1060. The molecule has 3 heteroatoms. The van der Waals surface area contributed by atoms with Gasteiger partial charge in [-0.2, -0.15) is 0 Å². The fraction of sp³-hybridized carbons (Fsp3) is 0.250. The molecule has 0 bridgehead atoms. The quantitative estimate of drug-likeness (QED) is 0.162. The van der Waals surface area contributed by atoms with Gasteiger partial charge in [0.25, 0.3) is 0 Å². The van der Waals surface area contributed by atoms with Crippen LogP contribution in [-0.2, 0) is 4.43 Å². The lowest BCUT2D eigenvalue weighted by atomic mass is 9.95. The van der Waals surface area contributed by atoms with E-state index in [4.69, 9.17) is 4.43 Å². The van der Waals surface area contributed by atoms with E-state index in [1.54, 1.807) is 0 Å². The van der Waals surface area contributed by atoms with Crippen molar-refractivity contribution in [1.29, 1.82) is 0 Å². The second-order valence-electron chi connectivity index (χ2n) is 10.2. The summed E-state index contributed by atoms with van der Waals surface area (Å²) in [6.07, 6.45) is 2.23. The maximum absolute atomic E-state index is 6.99. The highest BCUT2D eigenvalue weighted by molar-refractivity contribution is 7.95. The topological polar surface area (TPSA) is 9.23 Å². The molecule has 4 aromatic carbocycles. The van der Waals surface area contributed by atoms with Crippen LogP contribution in [0.15, 0.2) is 121 Å². The van der Waals surface area contributed by atoms with E-state index in [2.05, 4.69) is 148 Å². The molecule has 180 valence electrons. The van der Waals surface area contributed by atoms with Crippen LogP contribution in [0.5, 0.6) is 0 Å². The summed E-state index contributed by atoms with van der Waals surface area (Å²) in [4.78, 5) is 0. The van der Waals surface area contributed by atoms with Crippen LogP contribution in [0.1, 0.15) is 25.0 Å². The third-order valence-corrected chi connectivity index (χ3v) is 12.2. The average Bonchev–Trinajstić information content (AvgIpc) is 2.90. The molecule has 0 radical (unpaired) electrons. The Kier molecular flexibility index (Phi) is 8.39. The van der Waals surface area contributed by atoms with Gasteiger partial charge in [0, 0.05) is 5.92 Å². The predicted molar refractivity (Wildman–Crippen MR) is 157 cm³/mol. The van der Waals surface area contributed by atoms with Crippen LogP contribution in [0.4, 0.5) is 0 Å². The molecular weight excluding hydrogens is 459 g/mol. The molecule has 2 atom stereocenters. The summed E-state index contributed by atoms with van der Waals surface area (Å²) in [5.41, 5.74) is 1.30. The maximum Gasteiger partial charge on any atom is 0.184 e. The lowest BCUT2D eigenvalue weighted by Crippen LogP contribution is -2.39. The molecule has 1 nitrogen and oxygen atoms in total. The molecule has 0 heterocycles. The first kappa shape index (κ1) is 25.6. The number of hydrogen-bond donors (Lipinski definition) is 0. The molecule has 0 aromatic heterocycles. The van der Waals surface area contributed by atoms with Crippen LogP contribution in [0.2, 0.25) is 19.6 Å². The van der Waals surface area contributed by atoms with Crippen molar-refractivity contribution >= 4 is 31.5 Å². The van der Waals surface area contributed by atoms with Gasteiger partial charge in [-0.1, -0.05) is 91.9 Å². The molecule has 0 fully saturated rings. The fourth-order valence-corrected chi connectivity index (χ4v) is 10.9. The highest BCUT2D eigenvalue weighted by Gasteiger charge is 2.48. The Morgan fingerprint density at radius 3 is 1.31 bits per heavy atom. The lowest BCUT2D eigenvalue weighted by Gasteiger charge is -2.36. The van der Waals surface area contributed by atoms with E-state index >= 15 is 0 Å². The van der Waals surface area contributed by atoms with Crippen LogP contribution in [0.25, 0.3) is 0 Å². The van der Waals surface area contributed by atoms with Crippen molar-refractivity contribution in [2.24, 2.45) is 5.92 Å². The predicted octanol–water partition coefficient (Wildman–Crippen LogP) is 7.60. The second-order valence-corrected chi connectivity index (χ2v) is 18.2. The molecule has 0 saturated heterocycles. The SMILES string of the molecule is CCC(C[P+](c1ccccc1)(c1ccccc1)c1ccccc1)C(O[Si](C)(C)C)c1ccccc1. The van der Waals surface area contributed by atoms with Crippen molar-refractivity contribution in [1.82, 2.24) is 0 Å². The number of hydrogen-bond acceptors (Lipinski definition) is 1. The molecule has 0 aliphatic heterocycles. The van der Waals surface area contributed by atoms with Crippen LogP contribution in [0.3, 0.4) is 0 Å². The van der Waals surface area contributed by atoms with Crippen LogP contribution < -0.4 is 15.9 Å². The van der Waals surface area contributed by atoms with Crippen molar-refractivity contribution in [3.05, 3.63) is 127 Å². The molecule has 0 amide bonds. The molecule has 35 heavy (non-hydrogen) atoms.